The Bertz CT molecular complexity index is 659. The highest BCUT2D eigenvalue weighted by atomic mass is 79.9. The summed E-state index contributed by atoms with van der Waals surface area (Å²) in [6, 6.07) is 4.21. The highest BCUT2D eigenvalue weighted by Gasteiger charge is 2.37. The van der Waals surface area contributed by atoms with Gasteiger partial charge in [0.05, 0.1) is 5.56 Å². The highest BCUT2D eigenvalue weighted by molar-refractivity contribution is 9.10. The molecule has 0 saturated heterocycles. The van der Waals surface area contributed by atoms with E-state index in [0.717, 1.165) is 19.0 Å². The molecule has 1 aromatic carbocycles. The number of alkyl halides is 3. The lowest BCUT2D eigenvalue weighted by molar-refractivity contribution is -0.140. The summed E-state index contributed by atoms with van der Waals surface area (Å²) in [6.07, 6.45) is -1.98. The molecule has 0 unspecified atom stereocenters. The van der Waals surface area contributed by atoms with Crippen molar-refractivity contribution in [2.24, 2.45) is 0 Å². The van der Waals surface area contributed by atoms with E-state index in [4.69, 9.17) is 0 Å². The van der Waals surface area contributed by atoms with Crippen LogP contribution in [0.4, 0.5) is 17.6 Å². The van der Waals surface area contributed by atoms with E-state index in [0.29, 0.717) is 4.47 Å². The van der Waals surface area contributed by atoms with Gasteiger partial charge in [-0.2, -0.15) is 13.2 Å². The van der Waals surface area contributed by atoms with E-state index in [1.165, 1.54) is 16.7 Å². The molecule has 1 aromatic heterocycles. The Hall–Kier alpha value is -1.37. The zero-order chi connectivity index (χ0) is 14.5. The molecule has 2 nitrogen and oxygen atoms in total. The fourth-order valence-electron chi connectivity index (χ4n) is 2.03. The predicted molar refractivity (Wildman–Crippen MR) is 68.6 cm³/mol. The minimum Gasteiger partial charge on any atom is -0.327 e. The van der Waals surface area contributed by atoms with Crippen LogP contribution in [0.5, 0.6) is 0 Å². The van der Waals surface area contributed by atoms with Gasteiger partial charge in [-0.05, 0) is 31.0 Å². The molecule has 0 spiro atoms. The van der Waals surface area contributed by atoms with Gasteiger partial charge in [0.1, 0.15) is 11.6 Å². The van der Waals surface area contributed by atoms with Crippen molar-refractivity contribution in [2.75, 3.05) is 0 Å². The van der Waals surface area contributed by atoms with Crippen LogP contribution in [-0.4, -0.2) is 9.55 Å². The van der Waals surface area contributed by atoms with Gasteiger partial charge in [-0.1, -0.05) is 15.9 Å². The van der Waals surface area contributed by atoms with Crippen molar-refractivity contribution in [1.29, 1.82) is 0 Å². The molecule has 1 aliphatic rings. The van der Waals surface area contributed by atoms with Crippen LogP contribution in [0.25, 0.3) is 11.4 Å². The lowest BCUT2D eigenvalue weighted by Gasteiger charge is -2.07. The number of hydrogen-bond donors (Lipinski definition) is 0. The molecular weight excluding hydrogens is 340 g/mol. The Kier molecular flexibility index (Phi) is 3.12. The molecule has 0 bridgehead atoms. The largest absolute Gasteiger partial charge is 0.434 e. The monoisotopic (exact) mass is 348 g/mol. The van der Waals surface area contributed by atoms with Crippen molar-refractivity contribution in [1.82, 2.24) is 9.55 Å². The summed E-state index contributed by atoms with van der Waals surface area (Å²) in [5.74, 6) is -0.564. The topological polar surface area (TPSA) is 17.8 Å². The molecule has 1 fully saturated rings. The second kappa shape index (κ2) is 4.58. The van der Waals surface area contributed by atoms with Gasteiger partial charge in [0.25, 0.3) is 0 Å². The first-order chi connectivity index (χ1) is 9.36. The molecule has 0 aliphatic heterocycles. The van der Waals surface area contributed by atoms with Crippen LogP contribution in [0.3, 0.4) is 0 Å². The molecule has 0 amide bonds. The Morgan fingerprint density at radius 2 is 1.95 bits per heavy atom. The van der Waals surface area contributed by atoms with Crippen LogP contribution in [-0.2, 0) is 6.18 Å². The minimum absolute atomic E-state index is 0.0170. The molecule has 0 radical (unpaired) electrons. The standard InChI is InChI=1S/C13H9BrF4N2/c14-7-1-4-9(10(15)5-7)12-19-11(13(16,17)18)6-20(12)8-2-3-8/h1,4-6,8H,2-3H2. The second-order valence-electron chi connectivity index (χ2n) is 4.71. The van der Waals surface area contributed by atoms with E-state index < -0.39 is 17.7 Å². The van der Waals surface area contributed by atoms with Crippen LogP contribution >= 0.6 is 15.9 Å². The molecular formula is C13H9BrF4N2. The van der Waals surface area contributed by atoms with Gasteiger partial charge in [0.15, 0.2) is 5.69 Å². The predicted octanol–water partition coefficient (Wildman–Crippen LogP) is 4.81. The summed E-state index contributed by atoms with van der Waals surface area (Å²) in [7, 11) is 0. The number of aromatic nitrogens is 2. The van der Waals surface area contributed by atoms with Crippen LogP contribution in [0, 0.1) is 5.82 Å². The number of nitrogens with zero attached hydrogens (tertiary/aromatic N) is 2. The molecule has 0 N–H and O–H groups in total. The molecule has 2 aromatic rings. The number of benzene rings is 1. The number of hydrogen-bond acceptors (Lipinski definition) is 1. The molecule has 1 saturated carbocycles. The Balaban J connectivity index is 2.14. The summed E-state index contributed by atoms with van der Waals surface area (Å²) in [5, 5.41) is 0. The van der Waals surface area contributed by atoms with Crippen molar-refractivity contribution in [3.63, 3.8) is 0 Å². The minimum atomic E-state index is -4.53. The summed E-state index contributed by atoms with van der Waals surface area (Å²) >= 11 is 3.12. The fourth-order valence-corrected chi connectivity index (χ4v) is 2.36. The van der Waals surface area contributed by atoms with Gasteiger partial charge in [-0.25, -0.2) is 9.37 Å². The van der Waals surface area contributed by atoms with Crippen LogP contribution in [0.2, 0.25) is 0 Å². The van der Waals surface area contributed by atoms with Crippen LogP contribution < -0.4 is 0 Å². The van der Waals surface area contributed by atoms with E-state index in [1.807, 2.05) is 0 Å². The van der Waals surface area contributed by atoms with Crippen LogP contribution in [0.1, 0.15) is 24.6 Å². The van der Waals surface area contributed by atoms with Gasteiger partial charge in [-0.3, -0.25) is 0 Å². The molecule has 106 valence electrons. The Labute approximate surface area is 120 Å². The number of imidazole rings is 1. The van der Waals surface area contributed by atoms with Crippen molar-refractivity contribution < 1.29 is 17.6 Å². The first-order valence-electron chi connectivity index (χ1n) is 5.98. The molecule has 20 heavy (non-hydrogen) atoms. The van der Waals surface area contributed by atoms with E-state index in [1.54, 1.807) is 6.07 Å². The summed E-state index contributed by atoms with van der Waals surface area (Å²) < 4.78 is 54.2. The van der Waals surface area contributed by atoms with Crippen LogP contribution in [0.15, 0.2) is 28.9 Å². The van der Waals surface area contributed by atoms with Gasteiger partial charge in [0, 0.05) is 16.7 Å². The zero-order valence-electron chi connectivity index (χ0n) is 10.1. The third kappa shape index (κ3) is 2.46. The molecule has 1 aliphatic carbocycles. The maximum Gasteiger partial charge on any atom is 0.434 e. The van der Waals surface area contributed by atoms with Crippen molar-refractivity contribution in [3.8, 4) is 11.4 Å². The van der Waals surface area contributed by atoms with Gasteiger partial charge in [-0.15, -0.1) is 0 Å². The summed E-state index contributed by atoms with van der Waals surface area (Å²) in [6.45, 7) is 0. The third-order valence-electron chi connectivity index (χ3n) is 3.14. The van der Waals surface area contributed by atoms with Gasteiger partial charge >= 0.3 is 6.18 Å². The molecule has 3 rings (SSSR count). The second-order valence-corrected chi connectivity index (χ2v) is 5.63. The zero-order valence-corrected chi connectivity index (χ0v) is 11.7. The maximum atomic E-state index is 13.9. The smallest absolute Gasteiger partial charge is 0.327 e. The number of halogens is 5. The lowest BCUT2D eigenvalue weighted by atomic mass is 10.2. The van der Waals surface area contributed by atoms with E-state index in [-0.39, 0.29) is 17.4 Å². The average molecular weight is 349 g/mol. The van der Waals surface area contributed by atoms with Gasteiger partial charge in [0.2, 0.25) is 0 Å². The molecule has 1 heterocycles. The summed E-state index contributed by atoms with van der Waals surface area (Å²) in [5.41, 5.74) is -0.905. The maximum absolute atomic E-state index is 13.9. The first-order valence-corrected chi connectivity index (χ1v) is 6.77. The van der Waals surface area contributed by atoms with E-state index >= 15 is 0 Å². The molecule has 0 atom stereocenters. The van der Waals surface area contributed by atoms with Crippen molar-refractivity contribution in [2.45, 2.75) is 25.1 Å². The van der Waals surface area contributed by atoms with Crippen molar-refractivity contribution >= 4 is 15.9 Å². The quantitative estimate of drug-likeness (QED) is 0.712. The summed E-state index contributed by atoms with van der Waals surface area (Å²) in [4.78, 5) is 3.59. The average Bonchev–Trinajstić information content (AvgIpc) is 3.08. The lowest BCUT2D eigenvalue weighted by Crippen LogP contribution is -2.05. The van der Waals surface area contributed by atoms with E-state index in [2.05, 4.69) is 20.9 Å². The number of rotatable bonds is 2. The van der Waals surface area contributed by atoms with Crippen molar-refractivity contribution in [3.05, 3.63) is 40.4 Å². The third-order valence-corrected chi connectivity index (χ3v) is 3.63. The molecule has 7 heteroatoms. The first kappa shape index (κ1) is 13.6. The van der Waals surface area contributed by atoms with E-state index in [9.17, 15) is 17.6 Å². The normalized spacial score (nSPS) is 15.7. The fraction of sp³-hybridized carbons (Fsp3) is 0.308. The van der Waals surface area contributed by atoms with Gasteiger partial charge < -0.3 is 4.57 Å². The highest BCUT2D eigenvalue weighted by Crippen LogP contribution is 2.41. The SMILES string of the molecule is Fc1cc(Br)ccc1-c1nc(C(F)(F)F)cn1C1CC1. The Morgan fingerprint density at radius 1 is 1.25 bits per heavy atom. The Morgan fingerprint density at radius 3 is 2.50 bits per heavy atom.